The van der Waals surface area contributed by atoms with Crippen LogP contribution in [0.2, 0.25) is 0 Å². The van der Waals surface area contributed by atoms with Gasteiger partial charge in [0, 0.05) is 16.9 Å². The fourth-order valence-electron chi connectivity index (χ4n) is 3.94. The molecule has 0 aromatic heterocycles. The lowest BCUT2D eigenvalue weighted by atomic mass is 10.0. The molecular weight excluding hydrogens is 314 g/mol. The van der Waals surface area contributed by atoms with Crippen molar-refractivity contribution in [1.29, 1.82) is 0 Å². The van der Waals surface area contributed by atoms with Crippen molar-refractivity contribution in [2.45, 2.75) is 6.42 Å². The number of hydrogen-bond donors (Lipinski definition) is 0. The van der Waals surface area contributed by atoms with Crippen molar-refractivity contribution in [2.24, 2.45) is 0 Å². The molecule has 0 unspecified atom stereocenters. The molecule has 4 aromatic carbocycles. The zero-order valence-corrected chi connectivity index (χ0v) is 14.5. The minimum absolute atomic E-state index is 1.01. The molecule has 1 aliphatic carbocycles. The normalized spacial score (nSPS) is 11.7. The highest BCUT2D eigenvalue weighted by atomic mass is 15.1. The average Bonchev–Trinajstić information content (AvgIpc) is 3.09. The van der Waals surface area contributed by atoms with E-state index in [-0.39, 0.29) is 0 Å². The molecule has 0 radical (unpaired) electrons. The molecule has 1 heteroatoms. The zero-order chi connectivity index (χ0) is 17.3. The van der Waals surface area contributed by atoms with Crippen LogP contribution in [-0.4, -0.2) is 0 Å². The number of benzene rings is 4. The van der Waals surface area contributed by atoms with Gasteiger partial charge in [-0.25, -0.2) is 0 Å². The Hall–Kier alpha value is -3.32. The van der Waals surface area contributed by atoms with E-state index < -0.39 is 0 Å². The van der Waals surface area contributed by atoms with E-state index in [2.05, 4.69) is 108 Å². The molecular formula is C25H19N. The predicted molar refractivity (Wildman–Crippen MR) is 109 cm³/mol. The van der Waals surface area contributed by atoms with E-state index in [1.54, 1.807) is 0 Å². The molecule has 0 fully saturated rings. The minimum atomic E-state index is 1.01. The highest BCUT2D eigenvalue weighted by Crippen LogP contribution is 2.46. The topological polar surface area (TPSA) is 3.24 Å². The van der Waals surface area contributed by atoms with E-state index in [1.807, 2.05) is 0 Å². The first-order chi connectivity index (χ1) is 12.9. The van der Waals surface area contributed by atoms with Crippen LogP contribution in [0.1, 0.15) is 11.1 Å². The summed E-state index contributed by atoms with van der Waals surface area (Å²) in [7, 11) is 0. The van der Waals surface area contributed by atoms with Gasteiger partial charge in [-0.15, -0.1) is 0 Å². The Morgan fingerprint density at radius 2 is 1.08 bits per heavy atom. The first-order valence-electron chi connectivity index (χ1n) is 9.02. The molecule has 0 atom stereocenters. The molecule has 5 rings (SSSR count). The van der Waals surface area contributed by atoms with Crippen molar-refractivity contribution in [1.82, 2.24) is 0 Å². The quantitative estimate of drug-likeness (QED) is 0.354. The van der Waals surface area contributed by atoms with E-state index in [4.69, 9.17) is 0 Å². The van der Waals surface area contributed by atoms with Crippen molar-refractivity contribution in [2.75, 3.05) is 4.90 Å². The Morgan fingerprint density at radius 1 is 0.500 bits per heavy atom. The standard InChI is InChI=1S/C25H19N/c1-3-12-21(13-4-1)26(22-14-5-2-6-15-22)24-17-9-11-20-18-19-10-7-8-16-23(19)25(20)24/h1-17H,18H2. The van der Waals surface area contributed by atoms with Gasteiger partial charge in [-0.2, -0.15) is 0 Å². The Labute approximate surface area is 154 Å². The second kappa shape index (κ2) is 6.20. The summed E-state index contributed by atoms with van der Waals surface area (Å²) >= 11 is 0. The van der Waals surface area contributed by atoms with Gasteiger partial charge >= 0.3 is 0 Å². The maximum Gasteiger partial charge on any atom is 0.0543 e. The summed E-state index contributed by atoms with van der Waals surface area (Å²) in [5, 5.41) is 0. The van der Waals surface area contributed by atoms with Crippen molar-refractivity contribution in [3.05, 3.63) is 114 Å². The second-order valence-electron chi connectivity index (χ2n) is 6.65. The SMILES string of the molecule is c1ccc(N(c2ccccc2)c2cccc3c2-c2ccccc2C3)cc1. The number of anilines is 3. The van der Waals surface area contributed by atoms with Crippen LogP contribution in [0.15, 0.2) is 103 Å². The summed E-state index contributed by atoms with van der Waals surface area (Å²) in [6.45, 7) is 0. The van der Waals surface area contributed by atoms with E-state index in [1.165, 1.54) is 39.3 Å². The van der Waals surface area contributed by atoms with Crippen molar-refractivity contribution in [3.63, 3.8) is 0 Å². The summed E-state index contributed by atoms with van der Waals surface area (Å²) in [5.74, 6) is 0. The van der Waals surface area contributed by atoms with Crippen molar-refractivity contribution >= 4 is 17.1 Å². The van der Waals surface area contributed by atoms with Gasteiger partial charge in [-0.05, 0) is 53.4 Å². The fourth-order valence-corrected chi connectivity index (χ4v) is 3.94. The van der Waals surface area contributed by atoms with Crippen LogP contribution in [0.5, 0.6) is 0 Å². The highest BCUT2D eigenvalue weighted by Gasteiger charge is 2.24. The smallest absolute Gasteiger partial charge is 0.0543 e. The molecule has 0 aliphatic heterocycles. The van der Waals surface area contributed by atoms with Gasteiger partial charge < -0.3 is 4.90 Å². The molecule has 0 saturated carbocycles. The summed E-state index contributed by atoms with van der Waals surface area (Å²) < 4.78 is 0. The fraction of sp³-hybridized carbons (Fsp3) is 0.0400. The third-order valence-electron chi connectivity index (χ3n) is 5.07. The van der Waals surface area contributed by atoms with Crippen molar-refractivity contribution in [3.8, 4) is 11.1 Å². The summed E-state index contributed by atoms with van der Waals surface area (Å²) in [6.07, 6.45) is 1.01. The lowest BCUT2D eigenvalue weighted by Gasteiger charge is -2.27. The van der Waals surface area contributed by atoms with E-state index in [9.17, 15) is 0 Å². The molecule has 0 heterocycles. The summed E-state index contributed by atoms with van der Waals surface area (Å²) in [6, 6.07) is 36.7. The van der Waals surface area contributed by atoms with Crippen molar-refractivity contribution < 1.29 is 0 Å². The van der Waals surface area contributed by atoms with Gasteiger partial charge in [-0.3, -0.25) is 0 Å². The minimum Gasteiger partial charge on any atom is -0.310 e. The molecule has 124 valence electrons. The number of nitrogens with zero attached hydrogens (tertiary/aromatic N) is 1. The van der Waals surface area contributed by atoms with Gasteiger partial charge in [0.2, 0.25) is 0 Å². The van der Waals surface area contributed by atoms with Crippen LogP contribution < -0.4 is 4.90 Å². The number of rotatable bonds is 3. The second-order valence-corrected chi connectivity index (χ2v) is 6.65. The maximum absolute atomic E-state index is 2.36. The molecule has 0 N–H and O–H groups in total. The lowest BCUT2D eigenvalue weighted by Crippen LogP contribution is -2.11. The van der Waals surface area contributed by atoms with Crippen LogP contribution in [-0.2, 0) is 6.42 Å². The summed E-state index contributed by atoms with van der Waals surface area (Å²) in [4.78, 5) is 2.36. The summed E-state index contributed by atoms with van der Waals surface area (Å²) in [5.41, 5.74) is 9.13. The third kappa shape index (κ3) is 2.41. The monoisotopic (exact) mass is 333 g/mol. The van der Waals surface area contributed by atoms with Gasteiger partial charge in [0.1, 0.15) is 0 Å². The zero-order valence-electron chi connectivity index (χ0n) is 14.5. The molecule has 0 amide bonds. The third-order valence-corrected chi connectivity index (χ3v) is 5.07. The van der Waals surface area contributed by atoms with E-state index in [0.717, 1.165) is 6.42 Å². The van der Waals surface area contributed by atoms with Gasteiger partial charge in [0.15, 0.2) is 0 Å². The first kappa shape index (κ1) is 15.0. The molecule has 0 saturated heterocycles. The van der Waals surface area contributed by atoms with Gasteiger partial charge in [-0.1, -0.05) is 72.8 Å². The molecule has 0 spiro atoms. The molecule has 4 aromatic rings. The first-order valence-corrected chi connectivity index (χ1v) is 9.02. The average molecular weight is 333 g/mol. The van der Waals surface area contributed by atoms with Crippen LogP contribution in [0.25, 0.3) is 11.1 Å². The Morgan fingerprint density at radius 3 is 1.77 bits per heavy atom. The molecule has 26 heavy (non-hydrogen) atoms. The number of hydrogen-bond acceptors (Lipinski definition) is 1. The van der Waals surface area contributed by atoms with Crippen LogP contribution in [0.4, 0.5) is 17.1 Å². The van der Waals surface area contributed by atoms with Crippen LogP contribution in [0, 0.1) is 0 Å². The molecule has 1 aliphatic rings. The van der Waals surface area contributed by atoms with Crippen LogP contribution in [0.3, 0.4) is 0 Å². The predicted octanol–water partition coefficient (Wildman–Crippen LogP) is 6.73. The lowest BCUT2D eigenvalue weighted by molar-refractivity contribution is 1.24. The van der Waals surface area contributed by atoms with E-state index >= 15 is 0 Å². The van der Waals surface area contributed by atoms with Crippen LogP contribution >= 0.6 is 0 Å². The van der Waals surface area contributed by atoms with Gasteiger partial charge in [0.05, 0.1) is 5.69 Å². The Bertz CT molecular complexity index is 1010. The number of fused-ring (bicyclic) bond motifs is 3. The maximum atomic E-state index is 2.36. The van der Waals surface area contributed by atoms with E-state index in [0.29, 0.717) is 0 Å². The Balaban J connectivity index is 1.77. The Kier molecular flexibility index (Phi) is 3.57. The largest absolute Gasteiger partial charge is 0.310 e. The number of para-hydroxylation sites is 2. The molecule has 1 nitrogen and oxygen atoms in total. The van der Waals surface area contributed by atoms with Gasteiger partial charge in [0.25, 0.3) is 0 Å². The molecule has 0 bridgehead atoms. The highest BCUT2D eigenvalue weighted by molar-refractivity contribution is 5.93.